The predicted octanol–water partition coefficient (Wildman–Crippen LogP) is 1.18. The third-order valence-corrected chi connectivity index (χ3v) is 4.45. The predicted molar refractivity (Wildman–Crippen MR) is 95.6 cm³/mol. The zero-order chi connectivity index (χ0) is 18.1. The van der Waals surface area contributed by atoms with Crippen LogP contribution in [0.5, 0.6) is 5.75 Å². The molecular formula is C18H29N3O4. The van der Waals surface area contributed by atoms with Gasteiger partial charge in [-0.15, -0.1) is 0 Å². The zero-order valence-electron chi connectivity index (χ0n) is 14.9. The highest BCUT2D eigenvalue weighted by Crippen LogP contribution is 2.20. The van der Waals surface area contributed by atoms with Crippen LogP contribution in [0.1, 0.15) is 24.9 Å². The maximum atomic E-state index is 12.5. The fourth-order valence-electron chi connectivity index (χ4n) is 2.90. The van der Waals surface area contributed by atoms with Crippen molar-refractivity contribution in [1.29, 1.82) is 0 Å². The summed E-state index contributed by atoms with van der Waals surface area (Å²) in [5.41, 5.74) is 0.994. The fraction of sp³-hybridized carbons (Fsp3) is 0.611. The molecule has 0 bridgehead atoms. The lowest BCUT2D eigenvalue weighted by atomic mass is 10.0. The largest absolute Gasteiger partial charge is 0.508 e. The monoisotopic (exact) mass is 351 g/mol. The molecular weight excluding hydrogens is 322 g/mol. The Morgan fingerprint density at radius 3 is 2.48 bits per heavy atom. The van der Waals surface area contributed by atoms with Crippen LogP contribution < -0.4 is 5.32 Å². The summed E-state index contributed by atoms with van der Waals surface area (Å²) < 4.78 is 5.28. The summed E-state index contributed by atoms with van der Waals surface area (Å²) in [6.45, 7) is 6.91. The van der Waals surface area contributed by atoms with Gasteiger partial charge in [0, 0.05) is 32.7 Å². The van der Waals surface area contributed by atoms with Gasteiger partial charge in [0.05, 0.1) is 25.9 Å². The summed E-state index contributed by atoms with van der Waals surface area (Å²) >= 11 is 0. The Labute approximate surface area is 149 Å². The molecule has 140 valence electrons. The molecule has 0 aliphatic carbocycles. The van der Waals surface area contributed by atoms with Crippen molar-refractivity contribution in [1.82, 2.24) is 15.1 Å². The maximum absolute atomic E-state index is 12.5. The smallest absolute Gasteiger partial charge is 0.317 e. The topological polar surface area (TPSA) is 85.3 Å². The van der Waals surface area contributed by atoms with Gasteiger partial charge in [0.1, 0.15) is 5.75 Å². The number of rotatable bonds is 8. The van der Waals surface area contributed by atoms with Crippen LogP contribution in [0.4, 0.5) is 4.79 Å². The third-order valence-electron chi connectivity index (χ3n) is 4.45. The first kappa shape index (κ1) is 19.5. The number of ether oxygens (including phenoxy) is 1. The Balaban J connectivity index is 1.76. The van der Waals surface area contributed by atoms with Crippen molar-refractivity contribution in [3.05, 3.63) is 29.8 Å². The first-order valence-electron chi connectivity index (χ1n) is 8.89. The number of aromatic hydroxyl groups is 1. The molecule has 0 radical (unpaired) electrons. The molecule has 1 heterocycles. The van der Waals surface area contributed by atoms with Crippen LogP contribution in [0.3, 0.4) is 0 Å². The van der Waals surface area contributed by atoms with Crippen molar-refractivity contribution in [2.45, 2.75) is 19.4 Å². The van der Waals surface area contributed by atoms with Crippen molar-refractivity contribution < 1.29 is 19.7 Å². The fourth-order valence-corrected chi connectivity index (χ4v) is 2.90. The van der Waals surface area contributed by atoms with Gasteiger partial charge in [0.2, 0.25) is 0 Å². The van der Waals surface area contributed by atoms with Gasteiger partial charge in [-0.05, 0) is 24.1 Å². The maximum Gasteiger partial charge on any atom is 0.317 e. The average Bonchev–Trinajstić information content (AvgIpc) is 2.64. The van der Waals surface area contributed by atoms with E-state index in [0.717, 1.165) is 31.6 Å². The molecule has 1 fully saturated rings. The van der Waals surface area contributed by atoms with Crippen molar-refractivity contribution in [3.8, 4) is 5.75 Å². The molecule has 7 nitrogen and oxygen atoms in total. The van der Waals surface area contributed by atoms with Crippen molar-refractivity contribution in [2.75, 3.05) is 52.5 Å². The van der Waals surface area contributed by atoms with Crippen molar-refractivity contribution in [3.63, 3.8) is 0 Å². The molecule has 2 amide bonds. The molecule has 1 aliphatic heterocycles. The number of aliphatic hydroxyl groups is 1. The molecule has 25 heavy (non-hydrogen) atoms. The quantitative estimate of drug-likeness (QED) is 0.613. The van der Waals surface area contributed by atoms with E-state index in [1.807, 2.05) is 24.0 Å². The minimum Gasteiger partial charge on any atom is -0.508 e. The van der Waals surface area contributed by atoms with E-state index in [0.29, 0.717) is 26.3 Å². The second-order valence-electron chi connectivity index (χ2n) is 6.17. The van der Waals surface area contributed by atoms with E-state index < -0.39 is 0 Å². The summed E-state index contributed by atoms with van der Waals surface area (Å²) in [4.78, 5) is 16.6. The number of phenolic OH excluding ortho intramolecular Hbond substituents is 1. The number of nitrogens with one attached hydrogen (secondary N) is 1. The number of urea groups is 1. The minimum absolute atomic E-state index is 0.0453. The van der Waals surface area contributed by atoms with Crippen molar-refractivity contribution in [2.24, 2.45) is 0 Å². The highest BCUT2D eigenvalue weighted by molar-refractivity contribution is 5.74. The Hall–Kier alpha value is -1.83. The molecule has 0 aromatic heterocycles. The van der Waals surface area contributed by atoms with Crippen LogP contribution in [-0.4, -0.2) is 78.6 Å². The lowest BCUT2D eigenvalue weighted by molar-refractivity contribution is 0.0616. The van der Waals surface area contributed by atoms with Gasteiger partial charge in [-0.25, -0.2) is 4.79 Å². The molecule has 2 rings (SSSR count). The van der Waals surface area contributed by atoms with Crippen LogP contribution in [0, 0.1) is 0 Å². The van der Waals surface area contributed by atoms with E-state index in [4.69, 9.17) is 9.84 Å². The molecule has 1 aromatic rings. The molecule has 1 atom stereocenters. The number of carbonyl (C=O) groups is 1. The highest BCUT2D eigenvalue weighted by Gasteiger charge is 2.23. The van der Waals surface area contributed by atoms with Gasteiger partial charge in [0.15, 0.2) is 0 Å². The van der Waals surface area contributed by atoms with Crippen LogP contribution in [0.15, 0.2) is 24.3 Å². The molecule has 1 aliphatic rings. The van der Waals surface area contributed by atoms with Gasteiger partial charge in [0.25, 0.3) is 0 Å². The second-order valence-corrected chi connectivity index (χ2v) is 6.17. The van der Waals surface area contributed by atoms with Crippen LogP contribution in [0.2, 0.25) is 0 Å². The first-order chi connectivity index (χ1) is 12.1. The highest BCUT2D eigenvalue weighted by atomic mass is 16.5. The number of carbonyl (C=O) groups excluding carboxylic acids is 1. The van der Waals surface area contributed by atoms with Crippen molar-refractivity contribution >= 4 is 6.03 Å². The van der Waals surface area contributed by atoms with Crippen LogP contribution >= 0.6 is 0 Å². The lowest BCUT2D eigenvalue weighted by Crippen LogP contribution is -2.52. The number of aliphatic hydroxyl groups excluding tert-OH is 1. The molecule has 3 N–H and O–H groups in total. The SMILES string of the molecule is CC[C@H](NC(=O)N1CCN(CCOCCO)CC1)c1ccc(O)cc1. The van der Waals surface area contributed by atoms with Gasteiger partial charge >= 0.3 is 6.03 Å². The minimum atomic E-state index is -0.0574. The summed E-state index contributed by atoms with van der Waals surface area (Å²) in [5.74, 6) is 0.226. The molecule has 0 unspecified atom stereocenters. The Kier molecular flexibility index (Phi) is 7.97. The summed E-state index contributed by atoms with van der Waals surface area (Å²) in [5, 5.41) is 21.2. The summed E-state index contributed by atoms with van der Waals surface area (Å²) in [6, 6.07) is 6.86. The van der Waals surface area contributed by atoms with Gasteiger partial charge < -0.3 is 25.2 Å². The lowest BCUT2D eigenvalue weighted by Gasteiger charge is -2.35. The molecule has 7 heteroatoms. The van der Waals surface area contributed by atoms with Gasteiger partial charge in [-0.1, -0.05) is 19.1 Å². The average molecular weight is 351 g/mol. The number of hydrogen-bond donors (Lipinski definition) is 3. The summed E-state index contributed by atoms with van der Waals surface area (Å²) in [6.07, 6.45) is 0.790. The van der Waals surface area contributed by atoms with Crippen LogP contribution in [-0.2, 0) is 4.74 Å². The zero-order valence-corrected chi connectivity index (χ0v) is 14.9. The summed E-state index contributed by atoms with van der Waals surface area (Å²) in [7, 11) is 0. The standard InChI is InChI=1S/C18H29N3O4/c1-2-17(15-3-5-16(23)6-4-15)19-18(24)21-9-7-20(8-10-21)11-13-25-14-12-22/h3-6,17,22-23H,2,7-14H2,1H3,(H,19,24)/t17-/m0/s1. The Morgan fingerprint density at radius 2 is 1.88 bits per heavy atom. The number of nitrogens with zero attached hydrogens (tertiary/aromatic N) is 2. The number of phenols is 1. The molecule has 1 aromatic carbocycles. The van der Waals surface area contributed by atoms with E-state index >= 15 is 0 Å². The van der Waals surface area contributed by atoms with E-state index in [1.54, 1.807) is 12.1 Å². The van der Waals surface area contributed by atoms with E-state index in [1.165, 1.54) is 0 Å². The first-order valence-corrected chi connectivity index (χ1v) is 8.89. The second kappa shape index (κ2) is 10.2. The molecule has 1 saturated heterocycles. The van der Waals surface area contributed by atoms with E-state index in [2.05, 4.69) is 10.2 Å². The Morgan fingerprint density at radius 1 is 1.20 bits per heavy atom. The normalized spacial score (nSPS) is 16.6. The van der Waals surface area contributed by atoms with Gasteiger partial charge in [-0.3, -0.25) is 4.90 Å². The third kappa shape index (κ3) is 6.19. The number of hydrogen-bond acceptors (Lipinski definition) is 5. The van der Waals surface area contributed by atoms with Gasteiger partial charge in [-0.2, -0.15) is 0 Å². The van der Waals surface area contributed by atoms with E-state index in [-0.39, 0.29) is 24.4 Å². The van der Waals surface area contributed by atoms with E-state index in [9.17, 15) is 9.90 Å². The molecule has 0 saturated carbocycles. The van der Waals surface area contributed by atoms with Crippen LogP contribution in [0.25, 0.3) is 0 Å². The Bertz CT molecular complexity index is 516. The number of amides is 2. The molecule has 0 spiro atoms. The number of benzene rings is 1. The number of piperazine rings is 1.